The van der Waals surface area contributed by atoms with Crippen LogP contribution in [0.2, 0.25) is 3.72 Å². The van der Waals surface area contributed by atoms with Gasteiger partial charge >= 0.3 is 92.9 Å². The van der Waals surface area contributed by atoms with Gasteiger partial charge in [0.25, 0.3) is 0 Å². The molecule has 3 nitrogen and oxygen atoms in total. The maximum absolute atomic E-state index is 8.25. The molecule has 0 aliphatic heterocycles. The van der Waals surface area contributed by atoms with Crippen LogP contribution in [0.25, 0.3) is 0 Å². The van der Waals surface area contributed by atoms with E-state index in [4.69, 9.17) is 15.3 Å². The van der Waals surface area contributed by atoms with E-state index in [2.05, 4.69) is 41.2 Å². The van der Waals surface area contributed by atoms with Crippen molar-refractivity contribution in [1.29, 1.82) is 0 Å². The van der Waals surface area contributed by atoms with E-state index in [1.165, 1.54) is 25.7 Å². The van der Waals surface area contributed by atoms with Gasteiger partial charge in [-0.1, -0.05) is 0 Å². The number of rotatable bonds is 0. The Bertz CT molecular complexity index is 317. The average Bonchev–Trinajstić information content (AvgIpc) is 2.67. The van der Waals surface area contributed by atoms with Gasteiger partial charge in [0, 0.05) is 0 Å². The second-order valence-electron chi connectivity index (χ2n) is 4.54. The molecule has 0 saturated carbocycles. The maximum atomic E-state index is 8.25. The first kappa shape index (κ1) is 21.4. The molecule has 0 fully saturated rings. The first-order valence-corrected chi connectivity index (χ1v) is 7.21. The van der Waals surface area contributed by atoms with Gasteiger partial charge in [0.2, 0.25) is 0 Å². The van der Waals surface area contributed by atoms with Gasteiger partial charge in [0.1, 0.15) is 0 Å². The molecule has 2 aliphatic rings. The van der Waals surface area contributed by atoms with Gasteiger partial charge in [-0.25, -0.2) is 0 Å². The SMILES string of the molecule is CC1=C(C)[C](C)([Ti+3])C2=C1CCCC2.C[O-].C[O-].C[O-]. The Balaban J connectivity index is 0. The fraction of sp³-hybridized carbons (Fsp3) is 0.733. The van der Waals surface area contributed by atoms with Gasteiger partial charge in [-0.05, 0) is 0 Å². The van der Waals surface area contributed by atoms with Crippen LogP contribution in [0.15, 0.2) is 22.3 Å². The number of hydrogen-bond donors (Lipinski definition) is 0. The summed E-state index contributed by atoms with van der Waals surface area (Å²) in [5.74, 6) is 0. The molecule has 0 aromatic rings. The zero-order chi connectivity index (χ0) is 15.6. The van der Waals surface area contributed by atoms with Crippen molar-refractivity contribution in [3.8, 4) is 0 Å². The quantitative estimate of drug-likeness (QED) is 0.623. The second-order valence-corrected chi connectivity index (χ2v) is 6.10. The van der Waals surface area contributed by atoms with E-state index in [1.54, 1.807) is 22.3 Å². The van der Waals surface area contributed by atoms with E-state index in [0.29, 0.717) is 3.72 Å². The van der Waals surface area contributed by atoms with Crippen LogP contribution in [-0.2, 0) is 20.4 Å². The summed E-state index contributed by atoms with van der Waals surface area (Å²) in [6.45, 7) is 7.01. The van der Waals surface area contributed by atoms with E-state index in [9.17, 15) is 0 Å². The van der Waals surface area contributed by atoms with E-state index in [1.807, 2.05) is 0 Å². The van der Waals surface area contributed by atoms with E-state index in [0.717, 1.165) is 21.3 Å². The fourth-order valence-electron chi connectivity index (χ4n) is 2.70. The van der Waals surface area contributed by atoms with Crippen LogP contribution in [0.3, 0.4) is 0 Å². The van der Waals surface area contributed by atoms with Gasteiger partial charge in [-0.15, -0.1) is 0 Å². The third-order valence-electron chi connectivity index (χ3n) is 3.84. The smallest absolute Gasteiger partial charge is 0.153 e. The predicted octanol–water partition coefficient (Wildman–Crippen LogP) is 0.862. The molecule has 0 aromatic carbocycles. The van der Waals surface area contributed by atoms with Gasteiger partial charge in [-0.2, -0.15) is 21.3 Å². The predicted molar refractivity (Wildman–Crippen MR) is 70.0 cm³/mol. The largest absolute Gasteiger partial charge is 0.857 e. The van der Waals surface area contributed by atoms with Crippen molar-refractivity contribution in [2.45, 2.75) is 50.2 Å². The molecule has 0 aromatic heterocycles. The zero-order valence-corrected chi connectivity index (χ0v) is 14.6. The molecule has 0 N–H and O–H groups in total. The van der Waals surface area contributed by atoms with Crippen LogP contribution in [-0.4, -0.2) is 21.3 Å². The zero-order valence-electron chi connectivity index (χ0n) is 13.1. The summed E-state index contributed by atoms with van der Waals surface area (Å²) in [5, 5.41) is 24.8. The Morgan fingerprint density at radius 2 is 1.32 bits per heavy atom. The van der Waals surface area contributed by atoms with Crippen molar-refractivity contribution in [2.24, 2.45) is 0 Å². The van der Waals surface area contributed by atoms with Crippen molar-refractivity contribution < 1.29 is 35.8 Å². The molecule has 1 atom stereocenters. The summed E-state index contributed by atoms with van der Waals surface area (Å²) in [6, 6.07) is 0. The summed E-state index contributed by atoms with van der Waals surface area (Å²) in [6.07, 6.45) is 5.49. The summed E-state index contributed by atoms with van der Waals surface area (Å²) in [4.78, 5) is 0. The standard InChI is InChI=1S/C12H17.3CH3O.Ti/c1-8-9(2)11-6-4-5-7-12(11)10(8)3;3*1-2;/h4-7H2,1-3H3;3*1H3;/q;3*-1;+3. The van der Waals surface area contributed by atoms with Crippen LogP contribution in [0.1, 0.15) is 46.5 Å². The molecular weight excluding hydrogens is 276 g/mol. The van der Waals surface area contributed by atoms with Gasteiger partial charge in [-0.3, -0.25) is 0 Å². The van der Waals surface area contributed by atoms with Crippen molar-refractivity contribution >= 4 is 0 Å². The van der Waals surface area contributed by atoms with Crippen LogP contribution in [0, 0.1) is 0 Å². The Hall–Kier alpha value is 0.0743. The molecule has 2 rings (SSSR count). The molecule has 0 heterocycles. The van der Waals surface area contributed by atoms with Crippen molar-refractivity contribution in [2.75, 3.05) is 21.3 Å². The van der Waals surface area contributed by atoms with Gasteiger partial charge < -0.3 is 15.3 Å². The monoisotopic (exact) mass is 302 g/mol. The minimum Gasteiger partial charge on any atom is -0.857 e. The maximum Gasteiger partial charge on any atom is -0.153 e. The first-order valence-electron chi connectivity index (χ1n) is 6.43. The molecule has 0 bridgehead atoms. The minimum atomic E-state index is 0.375. The molecule has 0 saturated heterocycles. The molecule has 1 unspecified atom stereocenters. The molecule has 0 spiro atoms. The minimum absolute atomic E-state index is 0.375. The summed E-state index contributed by atoms with van der Waals surface area (Å²) in [5.41, 5.74) is 6.65. The Morgan fingerprint density at radius 1 is 0.895 bits per heavy atom. The molecule has 2 aliphatic carbocycles. The summed E-state index contributed by atoms with van der Waals surface area (Å²) < 4.78 is 0.375. The Labute approximate surface area is 129 Å². The van der Waals surface area contributed by atoms with E-state index < -0.39 is 0 Å². The average molecular weight is 302 g/mol. The molecule has 0 amide bonds. The number of allylic oxidation sites excluding steroid dienone is 4. The Morgan fingerprint density at radius 3 is 1.74 bits per heavy atom. The molecule has 4 heteroatoms. The molecule has 19 heavy (non-hydrogen) atoms. The van der Waals surface area contributed by atoms with Crippen LogP contribution < -0.4 is 15.3 Å². The fourth-order valence-corrected chi connectivity index (χ4v) is 3.42. The molecule has 108 valence electrons. The summed E-state index contributed by atoms with van der Waals surface area (Å²) in [7, 11) is 2.25. The first-order chi connectivity index (χ1) is 9.05. The Kier molecular flexibility index (Phi) is 12.2. The van der Waals surface area contributed by atoms with Crippen LogP contribution in [0.5, 0.6) is 0 Å². The van der Waals surface area contributed by atoms with Crippen molar-refractivity contribution in [1.82, 2.24) is 0 Å². The van der Waals surface area contributed by atoms with E-state index >= 15 is 0 Å². The number of hydrogen-bond acceptors (Lipinski definition) is 3. The molecule has 0 radical (unpaired) electrons. The molecular formula is C15H26O3Ti. The van der Waals surface area contributed by atoms with Crippen molar-refractivity contribution in [3.63, 3.8) is 0 Å². The third-order valence-corrected chi connectivity index (χ3v) is 4.89. The summed E-state index contributed by atoms with van der Waals surface area (Å²) >= 11 is 2.39. The van der Waals surface area contributed by atoms with Gasteiger partial charge in [0.15, 0.2) is 0 Å². The van der Waals surface area contributed by atoms with Crippen LogP contribution >= 0.6 is 0 Å². The van der Waals surface area contributed by atoms with Gasteiger partial charge in [0.05, 0.1) is 0 Å². The van der Waals surface area contributed by atoms with E-state index in [-0.39, 0.29) is 0 Å². The topological polar surface area (TPSA) is 69.2 Å². The van der Waals surface area contributed by atoms with Crippen LogP contribution in [0.4, 0.5) is 0 Å². The third kappa shape index (κ3) is 4.84. The van der Waals surface area contributed by atoms with Crippen molar-refractivity contribution in [3.05, 3.63) is 22.3 Å². The second kappa shape index (κ2) is 10.8. The normalized spacial score (nSPS) is 24.4.